The molecule has 2 atom stereocenters. The zero-order chi connectivity index (χ0) is 19.2. The highest BCUT2D eigenvalue weighted by molar-refractivity contribution is 5.91. The van der Waals surface area contributed by atoms with Crippen molar-refractivity contribution in [1.82, 2.24) is 10.2 Å². The number of ketones is 1. The SMILES string of the molecule is COC(=O)CCC(=O)CNC(=O)[C@@H]1C[C@H](F)CN1C(=O)OC(C)(C)C. The first-order valence-corrected chi connectivity index (χ1v) is 8.03. The third-order valence-corrected chi connectivity index (χ3v) is 3.48. The van der Waals surface area contributed by atoms with Gasteiger partial charge in [0.1, 0.15) is 17.8 Å². The molecular formula is C16H25FN2O6. The molecule has 1 aliphatic rings. The van der Waals surface area contributed by atoms with Crippen LogP contribution in [0, 0.1) is 0 Å². The van der Waals surface area contributed by atoms with Gasteiger partial charge in [-0.3, -0.25) is 19.3 Å². The monoisotopic (exact) mass is 360 g/mol. The summed E-state index contributed by atoms with van der Waals surface area (Å²) in [6.45, 7) is 4.48. The Morgan fingerprint density at radius 2 is 1.84 bits per heavy atom. The number of rotatable bonds is 6. The molecule has 0 unspecified atom stereocenters. The molecule has 0 aromatic rings. The number of hydrogen-bond acceptors (Lipinski definition) is 6. The molecule has 1 N–H and O–H groups in total. The summed E-state index contributed by atoms with van der Waals surface area (Å²) in [7, 11) is 1.22. The molecule has 8 nitrogen and oxygen atoms in total. The van der Waals surface area contributed by atoms with Crippen molar-refractivity contribution in [3.05, 3.63) is 0 Å². The number of nitrogens with zero attached hydrogens (tertiary/aromatic N) is 1. The van der Waals surface area contributed by atoms with Gasteiger partial charge in [0.25, 0.3) is 0 Å². The molecular weight excluding hydrogens is 335 g/mol. The second kappa shape index (κ2) is 8.77. The van der Waals surface area contributed by atoms with Crippen LogP contribution in [0.25, 0.3) is 0 Å². The smallest absolute Gasteiger partial charge is 0.411 e. The van der Waals surface area contributed by atoms with Gasteiger partial charge in [0.05, 0.1) is 26.6 Å². The van der Waals surface area contributed by atoms with E-state index in [-0.39, 0.29) is 38.1 Å². The van der Waals surface area contributed by atoms with Crippen LogP contribution in [0.3, 0.4) is 0 Å². The van der Waals surface area contributed by atoms with Crippen LogP contribution in [-0.2, 0) is 23.9 Å². The Bertz CT molecular complexity index is 531. The molecule has 0 bridgehead atoms. The van der Waals surface area contributed by atoms with E-state index < -0.39 is 35.8 Å². The Labute approximate surface area is 146 Å². The van der Waals surface area contributed by atoms with E-state index >= 15 is 0 Å². The molecule has 1 aliphatic heterocycles. The van der Waals surface area contributed by atoms with Gasteiger partial charge in [-0.25, -0.2) is 9.18 Å². The van der Waals surface area contributed by atoms with E-state index in [0.717, 1.165) is 4.90 Å². The lowest BCUT2D eigenvalue weighted by Crippen LogP contribution is -2.48. The van der Waals surface area contributed by atoms with Crippen LogP contribution in [-0.4, -0.2) is 66.7 Å². The summed E-state index contributed by atoms with van der Waals surface area (Å²) in [6, 6.07) is -1.03. The fourth-order valence-electron chi connectivity index (χ4n) is 2.29. The Morgan fingerprint density at radius 3 is 2.40 bits per heavy atom. The summed E-state index contributed by atoms with van der Waals surface area (Å²) in [5, 5.41) is 2.38. The van der Waals surface area contributed by atoms with Crippen molar-refractivity contribution in [3.8, 4) is 0 Å². The number of esters is 1. The number of carbonyl (C=O) groups is 4. The quantitative estimate of drug-likeness (QED) is 0.708. The van der Waals surface area contributed by atoms with Gasteiger partial charge in [0.15, 0.2) is 5.78 Å². The number of methoxy groups -OCH3 is 1. The maximum Gasteiger partial charge on any atom is 0.411 e. The zero-order valence-corrected chi connectivity index (χ0v) is 15.0. The number of amides is 2. The minimum atomic E-state index is -1.33. The molecule has 9 heteroatoms. The lowest BCUT2D eigenvalue weighted by Gasteiger charge is -2.27. The molecule has 2 amide bonds. The maximum absolute atomic E-state index is 13.7. The number of halogens is 1. The molecule has 0 spiro atoms. The van der Waals surface area contributed by atoms with Crippen LogP contribution in [0.2, 0.25) is 0 Å². The number of alkyl halides is 1. The first-order valence-electron chi connectivity index (χ1n) is 8.03. The lowest BCUT2D eigenvalue weighted by molar-refractivity contribution is -0.141. The standard InChI is InChI=1S/C16H25FN2O6/c1-16(2,3)25-15(23)19-9-10(17)7-12(19)14(22)18-8-11(20)5-6-13(21)24-4/h10,12H,5-9H2,1-4H3,(H,18,22)/t10-,12-/m0/s1. The van der Waals surface area contributed by atoms with Crippen molar-refractivity contribution in [2.75, 3.05) is 20.2 Å². The van der Waals surface area contributed by atoms with Crippen molar-refractivity contribution in [2.45, 2.75) is 57.8 Å². The van der Waals surface area contributed by atoms with Crippen LogP contribution in [0.5, 0.6) is 0 Å². The number of hydrogen-bond donors (Lipinski definition) is 1. The normalized spacial score (nSPS) is 20.1. The van der Waals surface area contributed by atoms with Crippen LogP contribution < -0.4 is 5.32 Å². The van der Waals surface area contributed by atoms with Gasteiger partial charge in [0.2, 0.25) is 5.91 Å². The fourth-order valence-corrected chi connectivity index (χ4v) is 2.29. The zero-order valence-electron chi connectivity index (χ0n) is 15.0. The van der Waals surface area contributed by atoms with Crippen LogP contribution in [0.1, 0.15) is 40.0 Å². The number of Topliss-reactive ketones (excluding diaryl/α,β-unsaturated/α-hetero) is 1. The Morgan fingerprint density at radius 1 is 1.20 bits per heavy atom. The van der Waals surface area contributed by atoms with E-state index in [0.29, 0.717) is 0 Å². The molecule has 1 heterocycles. The molecule has 0 saturated carbocycles. The van der Waals surface area contributed by atoms with E-state index in [1.54, 1.807) is 20.8 Å². The highest BCUT2D eigenvalue weighted by Gasteiger charge is 2.41. The first kappa shape index (κ1) is 20.9. The number of likely N-dealkylation sites (tertiary alicyclic amines) is 1. The average molecular weight is 360 g/mol. The predicted molar refractivity (Wildman–Crippen MR) is 85.5 cm³/mol. The van der Waals surface area contributed by atoms with E-state index in [1.165, 1.54) is 7.11 Å². The number of ether oxygens (including phenoxy) is 2. The van der Waals surface area contributed by atoms with Crippen molar-refractivity contribution >= 4 is 23.8 Å². The Kier molecular flexibility index (Phi) is 7.32. The van der Waals surface area contributed by atoms with Crippen molar-refractivity contribution in [3.63, 3.8) is 0 Å². The third kappa shape index (κ3) is 7.06. The minimum absolute atomic E-state index is 0.0703. The van der Waals surface area contributed by atoms with Crippen LogP contribution in [0.4, 0.5) is 9.18 Å². The van der Waals surface area contributed by atoms with Crippen molar-refractivity contribution in [1.29, 1.82) is 0 Å². The van der Waals surface area contributed by atoms with Crippen molar-refractivity contribution < 1.29 is 33.0 Å². The average Bonchev–Trinajstić information content (AvgIpc) is 2.90. The molecule has 0 aromatic carbocycles. The predicted octanol–water partition coefficient (Wildman–Crippen LogP) is 0.972. The largest absolute Gasteiger partial charge is 0.469 e. The van der Waals surface area contributed by atoms with Gasteiger partial charge in [-0.2, -0.15) is 0 Å². The highest BCUT2D eigenvalue weighted by atomic mass is 19.1. The van der Waals surface area contributed by atoms with E-state index in [9.17, 15) is 23.6 Å². The molecule has 0 aliphatic carbocycles. The molecule has 0 aromatic heterocycles. The van der Waals surface area contributed by atoms with Gasteiger partial charge in [-0.05, 0) is 20.8 Å². The summed E-state index contributed by atoms with van der Waals surface area (Å²) in [6.07, 6.45) is -2.41. The van der Waals surface area contributed by atoms with Crippen molar-refractivity contribution in [2.24, 2.45) is 0 Å². The van der Waals surface area contributed by atoms with Gasteiger partial charge in [-0.1, -0.05) is 0 Å². The van der Waals surface area contributed by atoms with Crippen LogP contribution >= 0.6 is 0 Å². The molecule has 0 radical (unpaired) electrons. The summed E-state index contributed by atoms with van der Waals surface area (Å²) >= 11 is 0. The van der Waals surface area contributed by atoms with Gasteiger partial charge < -0.3 is 14.8 Å². The number of nitrogens with one attached hydrogen (secondary N) is 1. The second-order valence-corrected chi connectivity index (χ2v) is 6.81. The Hall–Kier alpha value is -2.19. The van der Waals surface area contributed by atoms with Crippen LogP contribution in [0.15, 0.2) is 0 Å². The molecule has 1 saturated heterocycles. The minimum Gasteiger partial charge on any atom is -0.469 e. The lowest BCUT2D eigenvalue weighted by atomic mass is 10.1. The summed E-state index contributed by atoms with van der Waals surface area (Å²) in [4.78, 5) is 48.0. The maximum atomic E-state index is 13.7. The summed E-state index contributed by atoms with van der Waals surface area (Å²) < 4.78 is 23.3. The van der Waals surface area contributed by atoms with E-state index in [4.69, 9.17) is 4.74 Å². The number of carbonyl (C=O) groups excluding carboxylic acids is 4. The topological polar surface area (TPSA) is 102 Å². The molecule has 1 fully saturated rings. The Balaban J connectivity index is 2.55. The fraction of sp³-hybridized carbons (Fsp3) is 0.750. The highest BCUT2D eigenvalue weighted by Crippen LogP contribution is 2.23. The molecule has 25 heavy (non-hydrogen) atoms. The molecule has 1 rings (SSSR count). The summed E-state index contributed by atoms with van der Waals surface area (Å²) in [5.41, 5.74) is -0.767. The first-order chi connectivity index (χ1) is 11.5. The second-order valence-electron chi connectivity index (χ2n) is 6.81. The van der Waals surface area contributed by atoms with Gasteiger partial charge in [-0.15, -0.1) is 0 Å². The van der Waals surface area contributed by atoms with E-state index in [1.807, 2.05) is 0 Å². The van der Waals surface area contributed by atoms with Gasteiger partial charge >= 0.3 is 12.1 Å². The third-order valence-electron chi connectivity index (χ3n) is 3.48. The van der Waals surface area contributed by atoms with E-state index in [2.05, 4.69) is 10.1 Å². The molecule has 142 valence electrons. The van der Waals surface area contributed by atoms with Gasteiger partial charge in [0, 0.05) is 12.8 Å². The summed E-state index contributed by atoms with van der Waals surface area (Å²) in [5.74, 6) is -1.51.